The number of rotatable bonds is 4. The Hall–Kier alpha value is -0.580. The molecule has 1 aromatic rings. The molecule has 0 radical (unpaired) electrons. The second-order valence-corrected chi connectivity index (χ2v) is 3.77. The number of aliphatic hydroxyl groups excluding tert-OH is 1. The lowest BCUT2D eigenvalue weighted by atomic mass is 10.1. The van der Waals surface area contributed by atoms with Crippen molar-refractivity contribution in [3.63, 3.8) is 0 Å². The summed E-state index contributed by atoms with van der Waals surface area (Å²) in [7, 11) is 1.79. The lowest BCUT2D eigenvalue weighted by molar-refractivity contribution is 0.167. The van der Waals surface area contributed by atoms with E-state index in [2.05, 4.69) is 5.10 Å². The normalized spacial score (nSPS) is 13.2. The van der Waals surface area contributed by atoms with Gasteiger partial charge in [-0.05, 0) is 19.9 Å². The molecule has 4 nitrogen and oxygen atoms in total. The van der Waals surface area contributed by atoms with E-state index in [1.165, 1.54) is 0 Å². The highest BCUT2D eigenvalue weighted by Crippen LogP contribution is 2.20. The van der Waals surface area contributed by atoms with E-state index in [9.17, 15) is 5.11 Å². The second kappa shape index (κ2) is 4.77. The maximum absolute atomic E-state index is 9.59. The van der Waals surface area contributed by atoms with Crippen LogP contribution in [0.15, 0.2) is 0 Å². The molecular weight excluding hydrogens is 202 g/mol. The van der Waals surface area contributed by atoms with Gasteiger partial charge in [-0.25, -0.2) is 0 Å². The summed E-state index contributed by atoms with van der Waals surface area (Å²) in [4.78, 5) is 0. The van der Waals surface area contributed by atoms with E-state index in [0.717, 1.165) is 11.3 Å². The van der Waals surface area contributed by atoms with Gasteiger partial charge in [0.05, 0.1) is 11.8 Å². The van der Waals surface area contributed by atoms with Crippen LogP contribution in [-0.2, 0) is 13.5 Å². The van der Waals surface area contributed by atoms with Crippen molar-refractivity contribution in [1.29, 1.82) is 0 Å². The van der Waals surface area contributed by atoms with Gasteiger partial charge in [0.15, 0.2) is 0 Å². The minimum absolute atomic E-state index is 0.430. The molecule has 80 valence electrons. The smallest absolute Gasteiger partial charge is 0.130 e. The van der Waals surface area contributed by atoms with Gasteiger partial charge in [0.25, 0.3) is 0 Å². The third kappa shape index (κ3) is 2.47. The molecule has 0 aromatic carbocycles. The van der Waals surface area contributed by atoms with Crippen molar-refractivity contribution in [2.24, 2.45) is 12.8 Å². The fourth-order valence-electron chi connectivity index (χ4n) is 1.44. The van der Waals surface area contributed by atoms with Crippen molar-refractivity contribution < 1.29 is 5.11 Å². The Morgan fingerprint density at radius 1 is 1.64 bits per heavy atom. The van der Waals surface area contributed by atoms with Gasteiger partial charge in [0.2, 0.25) is 0 Å². The molecule has 1 unspecified atom stereocenters. The Bertz CT molecular complexity index is 311. The van der Waals surface area contributed by atoms with Crippen LogP contribution in [0.2, 0.25) is 5.15 Å². The third-order valence-electron chi connectivity index (χ3n) is 2.21. The highest BCUT2D eigenvalue weighted by Gasteiger charge is 2.14. The van der Waals surface area contributed by atoms with Crippen LogP contribution < -0.4 is 5.73 Å². The first-order valence-corrected chi connectivity index (χ1v) is 5.00. The topological polar surface area (TPSA) is 64.1 Å². The molecule has 5 heteroatoms. The SMILES string of the molecule is Cc1nn(C)c(Cl)c1CC(O)CCN. The number of hydrogen-bond acceptors (Lipinski definition) is 3. The van der Waals surface area contributed by atoms with E-state index < -0.39 is 6.10 Å². The molecule has 14 heavy (non-hydrogen) atoms. The molecule has 0 aliphatic carbocycles. The molecule has 0 fully saturated rings. The predicted octanol–water partition coefficient (Wildman–Crippen LogP) is 0.634. The zero-order valence-corrected chi connectivity index (χ0v) is 9.25. The highest BCUT2D eigenvalue weighted by atomic mass is 35.5. The van der Waals surface area contributed by atoms with Crippen LogP contribution in [-0.4, -0.2) is 27.5 Å². The van der Waals surface area contributed by atoms with Crippen molar-refractivity contribution in [1.82, 2.24) is 9.78 Å². The van der Waals surface area contributed by atoms with Crippen LogP contribution in [0.25, 0.3) is 0 Å². The second-order valence-electron chi connectivity index (χ2n) is 3.41. The van der Waals surface area contributed by atoms with E-state index in [-0.39, 0.29) is 0 Å². The Balaban J connectivity index is 2.75. The van der Waals surface area contributed by atoms with Crippen LogP contribution in [0.1, 0.15) is 17.7 Å². The summed E-state index contributed by atoms with van der Waals surface area (Å²) in [6.07, 6.45) is 0.681. The quantitative estimate of drug-likeness (QED) is 0.778. The standard InChI is InChI=1S/C9H16ClN3O/c1-6-8(5-7(14)3-4-11)9(10)13(2)12-6/h7,14H,3-5,11H2,1-2H3. The summed E-state index contributed by atoms with van der Waals surface area (Å²) < 4.78 is 1.61. The number of nitrogens with two attached hydrogens (primary N) is 1. The molecule has 0 spiro atoms. The summed E-state index contributed by atoms with van der Waals surface area (Å²) in [5.41, 5.74) is 7.13. The monoisotopic (exact) mass is 217 g/mol. The van der Waals surface area contributed by atoms with Crippen molar-refractivity contribution >= 4 is 11.6 Å². The van der Waals surface area contributed by atoms with Gasteiger partial charge >= 0.3 is 0 Å². The third-order valence-corrected chi connectivity index (χ3v) is 2.68. The van der Waals surface area contributed by atoms with E-state index in [1.54, 1.807) is 11.7 Å². The molecule has 0 amide bonds. The van der Waals surface area contributed by atoms with Crippen LogP contribution >= 0.6 is 11.6 Å². The molecule has 0 bridgehead atoms. The first-order valence-electron chi connectivity index (χ1n) is 4.62. The van der Waals surface area contributed by atoms with Crippen LogP contribution in [0.3, 0.4) is 0 Å². The highest BCUT2D eigenvalue weighted by molar-refractivity contribution is 6.30. The Morgan fingerprint density at radius 2 is 2.29 bits per heavy atom. The first kappa shape index (κ1) is 11.5. The fourth-order valence-corrected chi connectivity index (χ4v) is 1.69. The number of aryl methyl sites for hydroxylation is 2. The van der Waals surface area contributed by atoms with Gasteiger partial charge in [0.1, 0.15) is 5.15 Å². The number of aromatic nitrogens is 2. The van der Waals surface area contributed by atoms with E-state index >= 15 is 0 Å². The van der Waals surface area contributed by atoms with Crippen molar-refractivity contribution in [2.45, 2.75) is 25.9 Å². The molecule has 1 atom stereocenters. The molecule has 3 N–H and O–H groups in total. The molecule has 0 aliphatic heterocycles. The van der Waals surface area contributed by atoms with E-state index in [4.69, 9.17) is 17.3 Å². The number of nitrogens with zero attached hydrogens (tertiary/aromatic N) is 2. The zero-order valence-electron chi connectivity index (χ0n) is 8.50. The average Bonchev–Trinajstić information content (AvgIpc) is 2.33. The van der Waals surface area contributed by atoms with Crippen molar-refractivity contribution in [3.05, 3.63) is 16.4 Å². The molecule has 0 aliphatic rings. The van der Waals surface area contributed by atoms with Gasteiger partial charge in [-0.1, -0.05) is 11.6 Å². The molecule has 0 saturated carbocycles. The lowest BCUT2D eigenvalue weighted by Gasteiger charge is -2.08. The summed E-state index contributed by atoms with van der Waals surface area (Å²) >= 11 is 6.02. The largest absolute Gasteiger partial charge is 0.393 e. The van der Waals surface area contributed by atoms with Crippen LogP contribution in [0, 0.1) is 6.92 Å². The molecule has 1 heterocycles. The van der Waals surface area contributed by atoms with Crippen molar-refractivity contribution in [2.75, 3.05) is 6.54 Å². The van der Waals surface area contributed by atoms with E-state index in [1.807, 2.05) is 6.92 Å². The van der Waals surface area contributed by atoms with Gasteiger partial charge < -0.3 is 10.8 Å². The van der Waals surface area contributed by atoms with Gasteiger partial charge in [0, 0.05) is 19.0 Å². The molecule has 0 saturated heterocycles. The summed E-state index contributed by atoms with van der Waals surface area (Å²) in [5.74, 6) is 0. The number of aliphatic hydroxyl groups is 1. The Kier molecular flexibility index (Phi) is 3.92. The lowest BCUT2D eigenvalue weighted by Crippen LogP contribution is -2.16. The molecule has 1 aromatic heterocycles. The maximum atomic E-state index is 9.59. The van der Waals surface area contributed by atoms with Gasteiger partial charge in [-0.3, -0.25) is 4.68 Å². The van der Waals surface area contributed by atoms with Gasteiger partial charge in [-0.15, -0.1) is 0 Å². The minimum atomic E-state index is -0.430. The van der Waals surface area contributed by atoms with Crippen molar-refractivity contribution in [3.8, 4) is 0 Å². The van der Waals surface area contributed by atoms with Crippen LogP contribution in [0.5, 0.6) is 0 Å². The number of hydrogen-bond donors (Lipinski definition) is 2. The van der Waals surface area contributed by atoms with Crippen LogP contribution in [0.4, 0.5) is 0 Å². The first-order chi connectivity index (χ1) is 6.56. The predicted molar refractivity (Wildman–Crippen MR) is 56.3 cm³/mol. The summed E-state index contributed by atoms with van der Waals surface area (Å²) in [6.45, 7) is 2.37. The van der Waals surface area contributed by atoms with Gasteiger partial charge in [-0.2, -0.15) is 5.10 Å². The average molecular weight is 218 g/mol. The molecular formula is C9H16ClN3O. The Morgan fingerprint density at radius 3 is 2.71 bits per heavy atom. The minimum Gasteiger partial charge on any atom is -0.393 e. The fraction of sp³-hybridized carbons (Fsp3) is 0.667. The number of halogens is 1. The summed E-state index contributed by atoms with van der Waals surface area (Å²) in [6, 6.07) is 0. The Labute approximate surface area is 88.7 Å². The molecule has 1 rings (SSSR count). The zero-order chi connectivity index (χ0) is 10.7. The summed E-state index contributed by atoms with van der Waals surface area (Å²) in [5, 5.41) is 14.3. The maximum Gasteiger partial charge on any atom is 0.130 e. The van der Waals surface area contributed by atoms with E-state index in [0.29, 0.717) is 24.5 Å².